The van der Waals surface area contributed by atoms with E-state index in [9.17, 15) is 4.79 Å². The Hall–Kier alpha value is -2.62. The van der Waals surface area contributed by atoms with Gasteiger partial charge in [0, 0.05) is 24.7 Å². The Morgan fingerprint density at radius 3 is 2.61 bits per heavy atom. The number of anilines is 1. The van der Waals surface area contributed by atoms with E-state index in [4.69, 9.17) is 0 Å². The average molecular weight is 307 g/mol. The van der Waals surface area contributed by atoms with Gasteiger partial charge in [0.15, 0.2) is 0 Å². The zero-order valence-corrected chi connectivity index (χ0v) is 14.0. The topological polar surface area (TPSA) is 46.9 Å². The number of nitrogens with one attached hydrogen (secondary N) is 1. The SMILES string of the molecule is CCc1nc2cc(C(=O)Nc3ccc(C)c(C)c3)ccc2n1C. The van der Waals surface area contributed by atoms with Crippen LogP contribution in [0.25, 0.3) is 11.0 Å². The third-order valence-corrected chi connectivity index (χ3v) is 4.32. The lowest BCUT2D eigenvalue weighted by Gasteiger charge is -2.08. The molecule has 0 saturated carbocycles. The Bertz CT molecular complexity index is 893. The lowest BCUT2D eigenvalue weighted by Crippen LogP contribution is -2.12. The molecule has 0 saturated heterocycles. The highest BCUT2D eigenvalue weighted by Crippen LogP contribution is 2.19. The summed E-state index contributed by atoms with van der Waals surface area (Å²) in [5.41, 5.74) is 5.71. The first-order chi connectivity index (χ1) is 11.0. The van der Waals surface area contributed by atoms with E-state index < -0.39 is 0 Å². The standard InChI is InChI=1S/C19H21N3O/c1-5-18-21-16-11-14(7-9-17(16)22(18)4)19(23)20-15-8-6-12(2)13(3)10-15/h6-11H,5H2,1-4H3,(H,20,23). The molecule has 118 valence electrons. The molecule has 0 aliphatic heterocycles. The maximum atomic E-state index is 12.5. The molecule has 4 heteroatoms. The predicted octanol–water partition coefficient (Wildman–Crippen LogP) is 4.00. The second kappa shape index (κ2) is 5.88. The Morgan fingerprint density at radius 1 is 1.13 bits per heavy atom. The highest BCUT2D eigenvalue weighted by molar-refractivity contribution is 6.06. The number of carbonyl (C=O) groups excluding carboxylic acids is 1. The number of aryl methyl sites for hydroxylation is 4. The number of hydrogen-bond acceptors (Lipinski definition) is 2. The number of carbonyl (C=O) groups is 1. The molecule has 0 radical (unpaired) electrons. The first-order valence-corrected chi connectivity index (χ1v) is 7.83. The highest BCUT2D eigenvalue weighted by Gasteiger charge is 2.11. The van der Waals surface area contributed by atoms with Crippen molar-refractivity contribution in [2.24, 2.45) is 7.05 Å². The normalized spacial score (nSPS) is 11.0. The van der Waals surface area contributed by atoms with Gasteiger partial charge in [-0.1, -0.05) is 13.0 Å². The molecule has 0 atom stereocenters. The van der Waals surface area contributed by atoms with Gasteiger partial charge >= 0.3 is 0 Å². The minimum absolute atomic E-state index is 0.112. The summed E-state index contributed by atoms with van der Waals surface area (Å²) in [7, 11) is 2.00. The third-order valence-electron chi connectivity index (χ3n) is 4.32. The fraction of sp³-hybridized carbons (Fsp3) is 0.263. The molecule has 2 aromatic carbocycles. The molecule has 0 aliphatic rings. The molecule has 0 spiro atoms. The number of nitrogens with zero attached hydrogens (tertiary/aromatic N) is 2. The van der Waals surface area contributed by atoms with Gasteiger partial charge in [-0.25, -0.2) is 4.98 Å². The number of aromatic nitrogens is 2. The van der Waals surface area contributed by atoms with Crippen LogP contribution in [0.5, 0.6) is 0 Å². The molecule has 4 nitrogen and oxygen atoms in total. The fourth-order valence-corrected chi connectivity index (χ4v) is 2.73. The lowest BCUT2D eigenvalue weighted by molar-refractivity contribution is 0.102. The summed E-state index contributed by atoms with van der Waals surface area (Å²) in [5.74, 6) is 0.908. The van der Waals surface area contributed by atoms with Crippen LogP contribution in [0.1, 0.15) is 34.2 Å². The summed E-state index contributed by atoms with van der Waals surface area (Å²) in [6.45, 7) is 6.17. The van der Waals surface area contributed by atoms with E-state index in [2.05, 4.69) is 28.7 Å². The van der Waals surface area contributed by atoms with Gasteiger partial charge in [0.1, 0.15) is 5.82 Å². The van der Waals surface area contributed by atoms with Crippen molar-refractivity contribution in [2.45, 2.75) is 27.2 Å². The van der Waals surface area contributed by atoms with Gasteiger partial charge in [0.25, 0.3) is 5.91 Å². The number of imidazole rings is 1. The molecule has 1 heterocycles. The fourth-order valence-electron chi connectivity index (χ4n) is 2.73. The van der Waals surface area contributed by atoms with Gasteiger partial charge in [-0.15, -0.1) is 0 Å². The third kappa shape index (κ3) is 2.84. The summed E-state index contributed by atoms with van der Waals surface area (Å²) in [4.78, 5) is 17.1. The van der Waals surface area contributed by atoms with Crippen LogP contribution in [0, 0.1) is 13.8 Å². The zero-order chi connectivity index (χ0) is 16.6. The Balaban J connectivity index is 1.89. The molecule has 0 fully saturated rings. The van der Waals surface area contributed by atoms with Gasteiger partial charge in [0.05, 0.1) is 11.0 Å². The van der Waals surface area contributed by atoms with Crippen molar-refractivity contribution in [1.82, 2.24) is 9.55 Å². The van der Waals surface area contributed by atoms with E-state index in [-0.39, 0.29) is 5.91 Å². The van der Waals surface area contributed by atoms with E-state index in [1.54, 1.807) is 0 Å². The molecule has 0 aliphatic carbocycles. The van der Waals surface area contributed by atoms with Crippen LogP contribution >= 0.6 is 0 Å². The van der Waals surface area contributed by atoms with Crippen molar-refractivity contribution in [2.75, 3.05) is 5.32 Å². The molecule has 23 heavy (non-hydrogen) atoms. The summed E-state index contributed by atoms with van der Waals surface area (Å²) < 4.78 is 2.07. The van der Waals surface area contributed by atoms with Crippen LogP contribution in [0.4, 0.5) is 5.69 Å². The summed E-state index contributed by atoms with van der Waals surface area (Å²) >= 11 is 0. The van der Waals surface area contributed by atoms with Gasteiger partial charge in [-0.05, 0) is 55.3 Å². The molecule has 0 unspecified atom stereocenters. The Labute approximate surface area is 136 Å². The largest absolute Gasteiger partial charge is 0.331 e. The summed E-state index contributed by atoms with van der Waals surface area (Å²) in [5, 5.41) is 2.95. The number of fused-ring (bicyclic) bond motifs is 1. The van der Waals surface area contributed by atoms with Crippen molar-refractivity contribution < 1.29 is 4.79 Å². The van der Waals surface area contributed by atoms with Crippen molar-refractivity contribution in [1.29, 1.82) is 0 Å². The van der Waals surface area contributed by atoms with Crippen molar-refractivity contribution in [3.05, 3.63) is 58.9 Å². The Morgan fingerprint density at radius 2 is 1.91 bits per heavy atom. The number of rotatable bonds is 3. The van der Waals surface area contributed by atoms with Crippen molar-refractivity contribution >= 4 is 22.6 Å². The van der Waals surface area contributed by atoms with Crippen LogP contribution in [-0.4, -0.2) is 15.5 Å². The van der Waals surface area contributed by atoms with Crippen LogP contribution in [-0.2, 0) is 13.5 Å². The Kier molecular flexibility index (Phi) is 3.90. The molecule has 3 rings (SSSR count). The van der Waals surface area contributed by atoms with E-state index in [1.165, 1.54) is 5.56 Å². The highest BCUT2D eigenvalue weighted by atomic mass is 16.1. The second-order valence-electron chi connectivity index (χ2n) is 5.90. The molecular weight excluding hydrogens is 286 g/mol. The molecular formula is C19H21N3O. The number of benzene rings is 2. The minimum atomic E-state index is -0.112. The summed E-state index contributed by atoms with van der Waals surface area (Å²) in [6, 6.07) is 11.6. The van der Waals surface area contributed by atoms with E-state index in [0.717, 1.165) is 34.5 Å². The van der Waals surface area contributed by atoms with E-state index in [1.807, 2.05) is 50.4 Å². The van der Waals surface area contributed by atoms with Crippen LogP contribution in [0.15, 0.2) is 36.4 Å². The minimum Gasteiger partial charge on any atom is -0.331 e. The van der Waals surface area contributed by atoms with Crippen molar-refractivity contribution in [3.8, 4) is 0 Å². The van der Waals surface area contributed by atoms with E-state index in [0.29, 0.717) is 5.56 Å². The van der Waals surface area contributed by atoms with Crippen LogP contribution in [0.2, 0.25) is 0 Å². The van der Waals surface area contributed by atoms with Gasteiger partial charge in [-0.2, -0.15) is 0 Å². The smallest absolute Gasteiger partial charge is 0.255 e. The quantitative estimate of drug-likeness (QED) is 0.795. The number of amides is 1. The molecule has 1 aromatic heterocycles. The molecule has 1 N–H and O–H groups in total. The second-order valence-corrected chi connectivity index (χ2v) is 5.90. The first-order valence-electron chi connectivity index (χ1n) is 7.83. The monoisotopic (exact) mass is 307 g/mol. The average Bonchev–Trinajstić information content (AvgIpc) is 2.86. The summed E-state index contributed by atoms with van der Waals surface area (Å²) in [6.07, 6.45) is 0.870. The predicted molar refractivity (Wildman–Crippen MR) is 94.0 cm³/mol. The maximum Gasteiger partial charge on any atom is 0.255 e. The van der Waals surface area contributed by atoms with Gasteiger partial charge < -0.3 is 9.88 Å². The van der Waals surface area contributed by atoms with Gasteiger partial charge in [0.2, 0.25) is 0 Å². The lowest BCUT2D eigenvalue weighted by atomic mass is 10.1. The number of hydrogen-bond donors (Lipinski definition) is 1. The van der Waals surface area contributed by atoms with Crippen LogP contribution < -0.4 is 5.32 Å². The zero-order valence-electron chi connectivity index (χ0n) is 14.0. The maximum absolute atomic E-state index is 12.5. The van der Waals surface area contributed by atoms with E-state index >= 15 is 0 Å². The molecule has 1 amide bonds. The molecule has 3 aromatic rings. The molecule has 0 bridgehead atoms. The van der Waals surface area contributed by atoms with Crippen LogP contribution in [0.3, 0.4) is 0 Å². The van der Waals surface area contributed by atoms with Gasteiger partial charge in [-0.3, -0.25) is 4.79 Å². The van der Waals surface area contributed by atoms with Crippen molar-refractivity contribution in [3.63, 3.8) is 0 Å². The first kappa shape index (κ1) is 15.3.